The summed E-state index contributed by atoms with van der Waals surface area (Å²) in [7, 11) is 0. The van der Waals surface area contributed by atoms with Gasteiger partial charge in [0.2, 0.25) is 0 Å². The van der Waals surface area contributed by atoms with E-state index in [9.17, 15) is 22.8 Å². The smallest absolute Gasteiger partial charge is 0.404 e. The first-order valence-corrected chi connectivity index (χ1v) is 5.62. The zero-order valence-corrected chi connectivity index (χ0v) is 10.1. The van der Waals surface area contributed by atoms with Crippen LogP contribution in [0.1, 0.15) is 18.1 Å². The normalized spacial score (nSPS) is 22.6. The Hall–Kier alpha value is -2.09. The number of hydrogen-bond acceptors (Lipinski definition) is 4. The summed E-state index contributed by atoms with van der Waals surface area (Å²) in [6.07, 6.45) is -3.84. The number of carbonyl (C=O) groups is 2. The maximum Gasteiger partial charge on any atom is 0.404 e. The largest absolute Gasteiger partial charge is 0.443 e. The van der Waals surface area contributed by atoms with Crippen LogP contribution in [0.2, 0.25) is 0 Å². The van der Waals surface area contributed by atoms with Gasteiger partial charge in [0.1, 0.15) is 24.6 Å². The van der Waals surface area contributed by atoms with Gasteiger partial charge < -0.3 is 15.2 Å². The molecule has 0 saturated carbocycles. The van der Waals surface area contributed by atoms with Crippen LogP contribution in [0.15, 0.2) is 12.1 Å². The second-order valence-electron chi connectivity index (χ2n) is 4.24. The molecule has 1 amide bonds. The van der Waals surface area contributed by atoms with E-state index in [4.69, 9.17) is 10.5 Å². The number of rotatable bonds is 2. The van der Waals surface area contributed by atoms with Gasteiger partial charge in [0, 0.05) is 18.1 Å². The van der Waals surface area contributed by atoms with Gasteiger partial charge in [-0.3, -0.25) is 4.79 Å². The number of ether oxygens (including phenoxy) is 2. The molecule has 0 spiro atoms. The Bertz CT molecular complexity index is 562. The molecule has 1 aliphatic heterocycles. The molecule has 1 heterocycles. The average molecular weight is 289 g/mol. The van der Waals surface area contributed by atoms with Crippen LogP contribution in [0.5, 0.6) is 0 Å². The van der Waals surface area contributed by atoms with E-state index >= 15 is 0 Å². The molecule has 5 nitrogen and oxygen atoms in total. The zero-order valence-electron chi connectivity index (χ0n) is 10.1. The number of ketones is 1. The minimum absolute atomic E-state index is 0.244. The second kappa shape index (κ2) is 5.49. The number of benzene rings is 1. The summed E-state index contributed by atoms with van der Waals surface area (Å²) >= 11 is 0. The van der Waals surface area contributed by atoms with Crippen molar-refractivity contribution in [2.24, 2.45) is 5.73 Å². The molecule has 0 radical (unpaired) electrons. The fourth-order valence-corrected chi connectivity index (χ4v) is 1.98. The Kier molecular flexibility index (Phi) is 3.93. The summed E-state index contributed by atoms with van der Waals surface area (Å²) in [4.78, 5) is 22.0. The highest BCUT2D eigenvalue weighted by Gasteiger charge is 2.36. The van der Waals surface area contributed by atoms with Crippen molar-refractivity contribution >= 4 is 11.9 Å². The third kappa shape index (κ3) is 2.90. The van der Waals surface area contributed by atoms with Crippen molar-refractivity contribution in [3.63, 3.8) is 0 Å². The van der Waals surface area contributed by atoms with Crippen molar-refractivity contribution in [3.8, 4) is 0 Å². The molecule has 1 aromatic carbocycles. The molecule has 2 N–H and O–H groups in total. The van der Waals surface area contributed by atoms with Crippen LogP contribution >= 0.6 is 0 Å². The molecule has 0 aliphatic carbocycles. The third-order valence-electron chi connectivity index (χ3n) is 2.80. The van der Waals surface area contributed by atoms with Crippen molar-refractivity contribution in [1.29, 1.82) is 0 Å². The summed E-state index contributed by atoms with van der Waals surface area (Å²) in [5.41, 5.74) is 4.50. The summed E-state index contributed by atoms with van der Waals surface area (Å²) < 4.78 is 49.5. The van der Waals surface area contributed by atoms with Gasteiger partial charge in [-0.2, -0.15) is 0 Å². The second-order valence-corrected chi connectivity index (χ2v) is 4.24. The van der Waals surface area contributed by atoms with E-state index in [0.717, 1.165) is 0 Å². The fourth-order valence-electron chi connectivity index (χ4n) is 1.98. The van der Waals surface area contributed by atoms with Gasteiger partial charge in [0.25, 0.3) is 0 Å². The Balaban J connectivity index is 2.35. The van der Waals surface area contributed by atoms with Gasteiger partial charge in [-0.25, -0.2) is 18.0 Å². The lowest BCUT2D eigenvalue weighted by molar-refractivity contribution is -0.143. The van der Waals surface area contributed by atoms with Crippen LogP contribution in [0, 0.1) is 17.5 Å². The third-order valence-corrected chi connectivity index (χ3v) is 2.80. The van der Waals surface area contributed by atoms with Gasteiger partial charge >= 0.3 is 6.09 Å². The van der Waals surface area contributed by atoms with Crippen molar-refractivity contribution < 1.29 is 32.2 Å². The first-order valence-electron chi connectivity index (χ1n) is 5.62. The van der Waals surface area contributed by atoms with Crippen LogP contribution in [-0.2, 0) is 14.3 Å². The molecule has 2 rings (SSSR count). The molecule has 1 aromatic rings. The highest BCUT2D eigenvalue weighted by atomic mass is 19.2. The molecular weight excluding hydrogens is 279 g/mol. The van der Waals surface area contributed by atoms with Gasteiger partial charge in [0.15, 0.2) is 17.4 Å². The predicted octanol–water partition coefficient (Wildman–Crippen LogP) is 1.60. The maximum atomic E-state index is 13.7. The van der Waals surface area contributed by atoms with Crippen molar-refractivity contribution in [2.75, 3.05) is 6.61 Å². The van der Waals surface area contributed by atoms with Gasteiger partial charge in [-0.1, -0.05) is 0 Å². The highest BCUT2D eigenvalue weighted by Crippen LogP contribution is 2.32. The topological polar surface area (TPSA) is 78.6 Å². The zero-order chi connectivity index (χ0) is 14.9. The lowest BCUT2D eigenvalue weighted by atomic mass is 9.97. The van der Waals surface area contributed by atoms with E-state index in [1.165, 1.54) is 0 Å². The minimum Gasteiger partial charge on any atom is -0.443 e. The SMILES string of the molecule is NC(=O)O[C@H]1CC(=O)CO[C@H]1c1cc(F)c(F)cc1F. The van der Waals surface area contributed by atoms with E-state index in [2.05, 4.69) is 4.74 Å². The first-order chi connectivity index (χ1) is 9.38. The number of Topliss-reactive ketones (excluding diaryl/α,β-unsaturated/α-hetero) is 1. The first kappa shape index (κ1) is 14.3. The summed E-state index contributed by atoms with van der Waals surface area (Å²) in [6.45, 7) is -0.346. The van der Waals surface area contributed by atoms with E-state index in [-0.39, 0.29) is 24.4 Å². The molecule has 2 atom stereocenters. The maximum absolute atomic E-state index is 13.7. The van der Waals surface area contributed by atoms with Gasteiger partial charge in [-0.05, 0) is 6.07 Å². The monoisotopic (exact) mass is 289 g/mol. The number of hydrogen-bond donors (Lipinski definition) is 1. The van der Waals surface area contributed by atoms with Crippen molar-refractivity contribution in [3.05, 3.63) is 35.1 Å². The summed E-state index contributed by atoms with van der Waals surface area (Å²) in [5, 5.41) is 0. The molecule has 1 saturated heterocycles. The molecule has 20 heavy (non-hydrogen) atoms. The Labute approximate surface area is 111 Å². The van der Waals surface area contributed by atoms with Crippen molar-refractivity contribution in [1.82, 2.24) is 0 Å². The molecule has 0 aromatic heterocycles. The Morgan fingerprint density at radius 3 is 2.55 bits per heavy atom. The van der Waals surface area contributed by atoms with E-state index in [1.807, 2.05) is 0 Å². The molecule has 108 valence electrons. The van der Waals surface area contributed by atoms with E-state index in [0.29, 0.717) is 12.1 Å². The lowest BCUT2D eigenvalue weighted by Gasteiger charge is -2.30. The molecule has 0 unspecified atom stereocenters. The van der Waals surface area contributed by atoms with Gasteiger partial charge in [-0.15, -0.1) is 0 Å². The molecule has 1 fully saturated rings. The van der Waals surface area contributed by atoms with Crippen LogP contribution in [0.3, 0.4) is 0 Å². The Morgan fingerprint density at radius 2 is 1.90 bits per heavy atom. The average Bonchev–Trinajstić information content (AvgIpc) is 2.34. The van der Waals surface area contributed by atoms with Crippen LogP contribution in [0.4, 0.5) is 18.0 Å². The molecular formula is C12H10F3NO4. The summed E-state index contributed by atoms with van der Waals surface area (Å²) in [6, 6.07) is 0.953. The number of amides is 1. The lowest BCUT2D eigenvalue weighted by Crippen LogP contribution is -2.38. The Morgan fingerprint density at radius 1 is 1.25 bits per heavy atom. The van der Waals surface area contributed by atoms with Gasteiger partial charge in [0.05, 0.1) is 0 Å². The van der Waals surface area contributed by atoms with Crippen molar-refractivity contribution in [2.45, 2.75) is 18.6 Å². The van der Waals surface area contributed by atoms with Crippen LogP contribution in [0.25, 0.3) is 0 Å². The highest BCUT2D eigenvalue weighted by molar-refractivity contribution is 5.81. The fraction of sp³-hybridized carbons (Fsp3) is 0.333. The standard InChI is InChI=1S/C12H10F3NO4/c13-7-3-9(15)8(14)2-6(7)11-10(20-12(16)18)1-5(17)4-19-11/h2-3,10-11H,1,4H2,(H2,16,18)/t10-,11-/m0/s1. The molecule has 8 heteroatoms. The molecule has 1 aliphatic rings. The summed E-state index contributed by atoms with van der Waals surface area (Å²) in [5.74, 6) is -4.08. The quantitative estimate of drug-likeness (QED) is 0.839. The van der Waals surface area contributed by atoms with E-state index < -0.39 is 35.8 Å². The minimum atomic E-state index is -1.36. The van der Waals surface area contributed by atoms with Crippen LogP contribution < -0.4 is 5.73 Å². The number of primary amides is 1. The number of carbonyl (C=O) groups excluding carboxylic acids is 2. The van der Waals surface area contributed by atoms with E-state index in [1.54, 1.807) is 0 Å². The van der Waals surface area contributed by atoms with Crippen LogP contribution in [-0.4, -0.2) is 24.6 Å². The number of nitrogens with two attached hydrogens (primary N) is 1. The predicted molar refractivity (Wildman–Crippen MR) is 59.1 cm³/mol. The molecule has 0 bridgehead atoms. The number of halogens is 3.